The smallest absolute Gasteiger partial charge is 0.317 e. The first-order chi connectivity index (χ1) is 15.3. The van der Waals surface area contributed by atoms with E-state index in [9.17, 15) is 4.79 Å². The number of amides is 2. The molecule has 4 heteroatoms. The van der Waals surface area contributed by atoms with Gasteiger partial charge in [-0.2, -0.15) is 0 Å². The van der Waals surface area contributed by atoms with Crippen LogP contribution >= 0.6 is 0 Å². The van der Waals surface area contributed by atoms with Crippen LogP contribution < -0.4 is 5.32 Å². The largest absolute Gasteiger partial charge is 0.338 e. The van der Waals surface area contributed by atoms with Crippen molar-refractivity contribution in [2.45, 2.75) is 18.9 Å². The van der Waals surface area contributed by atoms with Gasteiger partial charge >= 0.3 is 6.03 Å². The molecule has 1 aliphatic rings. The van der Waals surface area contributed by atoms with Crippen molar-refractivity contribution in [1.82, 2.24) is 15.1 Å². The van der Waals surface area contributed by atoms with Crippen LogP contribution in [0.2, 0.25) is 0 Å². The molecule has 1 heterocycles. The normalized spacial score (nSPS) is 14.5. The van der Waals surface area contributed by atoms with Gasteiger partial charge in [0, 0.05) is 32.7 Å². The van der Waals surface area contributed by atoms with Gasteiger partial charge in [0.05, 0.1) is 6.04 Å². The van der Waals surface area contributed by atoms with Gasteiger partial charge in [0.2, 0.25) is 0 Å². The second-order valence-electron chi connectivity index (χ2n) is 8.07. The molecule has 1 saturated heterocycles. The lowest BCUT2D eigenvalue weighted by Crippen LogP contribution is -2.52. The molecule has 160 valence electrons. The lowest BCUT2D eigenvalue weighted by molar-refractivity contribution is 0.120. The number of hydrogen-bond donors (Lipinski definition) is 1. The van der Waals surface area contributed by atoms with Crippen molar-refractivity contribution >= 4 is 6.03 Å². The minimum absolute atomic E-state index is 0.0590. The zero-order chi connectivity index (χ0) is 21.3. The van der Waals surface area contributed by atoms with Crippen molar-refractivity contribution in [2.75, 3.05) is 32.7 Å². The molecule has 3 aromatic rings. The highest BCUT2D eigenvalue weighted by Crippen LogP contribution is 2.29. The van der Waals surface area contributed by atoms with Crippen LogP contribution in [0.5, 0.6) is 0 Å². The second-order valence-corrected chi connectivity index (χ2v) is 8.07. The van der Waals surface area contributed by atoms with Gasteiger partial charge in [0.25, 0.3) is 0 Å². The zero-order valence-electron chi connectivity index (χ0n) is 18.0. The molecule has 0 atom stereocenters. The van der Waals surface area contributed by atoms with Gasteiger partial charge in [-0.3, -0.25) is 4.90 Å². The minimum atomic E-state index is 0.0590. The molecule has 4 nitrogen and oxygen atoms in total. The van der Waals surface area contributed by atoms with Crippen LogP contribution in [0.4, 0.5) is 4.79 Å². The van der Waals surface area contributed by atoms with Gasteiger partial charge in [-0.15, -0.1) is 0 Å². The van der Waals surface area contributed by atoms with E-state index in [2.05, 4.69) is 95.1 Å². The van der Waals surface area contributed by atoms with Crippen molar-refractivity contribution in [3.8, 4) is 0 Å². The fourth-order valence-electron chi connectivity index (χ4n) is 4.31. The Morgan fingerprint density at radius 3 is 1.81 bits per heavy atom. The zero-order valence-corrected chi connectivity index (χ0v) is 18.0. The molecule has 1 N–H and O–H groups in total. The van der Waals surface area contributed by atoms with E-state index in [1.807, 2.05) is 11.0 Å². The molecule has 1 fully saturated rings. The first-order valence-corrected chi connectivity index (χ1v) is 11.2. The lowest BCUT2D eigenvalue weighted by Gasteiger charge is -2.39. The van der Waals surface area contributed by atoms with Crippen LogP contribution in [0.1, 0.15) is 29.2 Å². The third-order valence-corrected chi connectivity index (χ3v) is 5.96. The van der Waals surface area contributed by atoms with Crippen molar-refractivity contribution < 1.29 is 4.79 Å². The van der Waals surface area contributed by atoms with Crippen LogP contribution in [0.3, 0.4) is 0 Å². The van der Waals surface area contributed by atoms with E-state index in [0.717, 1.165) is 39.0 Å². The number of nitrogens with zero attached hydrogens (tertiary/aromatic N) is 2. The van der Waals surface area contributed by atoms with Gasteiger partial charge in [-0.05, 0) is 29.5 Å². The quantitative estimate of drug-likeness (QED) is 0.568. The monoisotopic (exact) mass is 413 g/mol. The number of benzene rings is 3. The summed E-state index contributed by atoms with van der Waals surface area (Å²) >= 11 is 0. The van der Waals surface area contributed by atoms with E-state index >= 15 is 0 Å². The summed E-state index contributed by atoms with van der Waals surface area (Å²) in [6.45, 7) is 3.95. The second kappa shape index (κ2) is 10.8. The number of carbonyl (C=O) groups excluding carboxylic acids is 1. The third-order valence-electron chi connectivity index (χ3n) is 5.96. The molecule has 4 rings (SSSR count). The summed E-state index contributed by atoms with van der Waals surface area (Å²) in [5.41, 5.74) is 3.92. The molecular weight excluding hydrogens is 382 g/mol. The van der Waals surface area contributed by atoms with Crippen LogP contribution in [0.25, 0.3) is 0 Å². The van der Waals surface area contributed by atoms with E-state index in [4.69, 9.17) is 0 Å². The average Bonchev–Trinajstić information content (AvgIpc) is 2.84. The Hall–Kier alpha value is -3.11. The molecule has 31 heavy (non-hydrogen) atoms. The molecule has 0 aromatic heterocycles. The van der Waals surface area contributed by atoms with E-state index in [-0.39, 0.29) is 12.1 Å². The van der Waals surface area contributed by atoms with Crippen molar-refractivity contribution in [3.05, 3.63) is 108 Å². The van der Waals surface area contributed by atoms with Crippen LogP contribution in [-0.4, -0.2) is 48.6 Å². The Morgan fingerprint density at radius 1 is 0.742 bits per heavy atom. The molecule has 0 unspecified atom stereocenters. The summed E-state index contributed by atoms with van der Waals surface area (Å²) in [7, 11) is 0. The third kappa shape index (κ3) is 5.74. The van der Waals surface area contributed by atoms with E-state index in [1.165, 1.54) is 16.7 Å². The SMILES string of the molecule is O=C(NCCCc1ccccc1)N1CCN(C(c2ccccc2)c2ccccc2)CC1. The van der Waals surface area contributed by atoms with Crippen molar-refractivity contribution in [2.24, 2.45) is 0 Å². The highest BCUT2D eigenvalue weighted by Gasteiger charge is 2.27. The summed E-state index contributed by atoms with van der Waals surface area (Å²) in [5, 5.41) is 3.10. The van der Waals surface area contributed by atoms with Gasteiger partial charge in [0.15, 0.2) is 0 Å². The predicted octanol–water partition coefficient (Wildman–Crippen LogP) is 4.74. The first kappa shape index (κ1) is 21.1. The molecule has 2 amide bonds. The fourth-order valence-corrected chi connectivity index (χ4v) is 4.31. The number of carbonyl (C=O) groups is 1. The Balaban J connectivity index is 1.30. The van der Waals surface area contributed by atoms with E-state index < -0.39 is 0 Å². The number of hydrogen-bond acceptors (Lipinski definition) is 2. The summed E-state index contributed by atoms with van der Waals surface area (Å²) in [6.07, 6.45) is 1.95. The van der Waals surface area contributed by atoms with Gasteiger partial charge in [-0.25, -0.2) is 4.79 Å². The molecule has 0 aliphatic carbocycles. The average molecular weight is 414 g/mol. The molecule has 0 bridgehead atoms. The summed E-state index contributed by atoms with van der Waals surface area (Å²) in [4.78, 5) is 17.1. The minimum Gasteiger partial charge on any atom is -0.338 e. The summed E-state index contributed by atoms with van der Waals surface area (Å²) < 4.78 is 0. The standard InChI is InChI=1S/C27H31N3O/c31-27(28-18-10-13-23-11-4-1-5-12-23)30-21-19-29(20-22-30)26(24-14-6-2-7-15-24)25-16-8-3-9-17-25/h1-9,11-12,14-17,26H,10,13,18-22H2,(H,28,31). The number of nitrogens with one attached hydrogen (secondary N) is 1. The number of aryl methyl sites for hydroxylation is 1. The number of rotatable bonds is 7. The van der Waals surface area contributed by atoms with Crippen LogP contribution in [-0.2, 0) is 6.42 Å². The highest BCUT2D eigenvalue weighted by atomic mass is 16.2. The topological polar surface area (TPSA) is 35.6 Å². The summed E-state index contributed by atoms with van der Waals surface area (Å²) in [5.74, 6) is 0. The fraction of sp³-hybridized carbons (Fsp3) is 0.296. The Morgan fingerprint density at radius 2 is 1.26 bits per heavy atom. The number of urea groups is 1. The van der Waals surface area contributed by atoms with Crippen molar-refractivity contribution in [1.29, 1.82) is 0 Å². The highest BCUT2D eigenvalue weighted by molar-refractivity contribution is 5.74. The maximum Gasteiger partial charge on any atom is 0.317 e. The Bertz CT molecular complexity index is 883. The Kier molecular flexibility index (Phi) is 7.35. The van der Waals surface area contributed by atoms with Gasteiger partial charge in [0.1, 0.15) is 0 Å². The van der Waals surface area contributed by atoms with Crippen LogP contribution in [0.15, 0.2) is 91.0 Å². The van der Waals surface area contributed by atoms with Gasteiger partial charge in [-0.1, -0.05) is 91.0 Å². The maximum absolute atomic E-state index is 12.6. The molecular formula is C27H31N3O. The van der Waals surface area contributed by atoms with E-state index in [1.54, 1.807) is 0 Å². The predicted molar refractivity (Wildman–Crippen MR) is 126 cm³/mol. The number of piperazine rings is 1. The molecule has 0 spiro atoms. The Labute approximate surface area is 185 Å². The molecule has 0 radical (unpaired) electrons. The summed E-state index contributed by atoms with van der Waals surface area (Å²) in [6, 6.07) is 32.0. The molecule has 0 saturated carbocycles. The van der Waals surface area contributed by atoms with Crippen molar-refractivity contribution in [3.63, 3.8) is 0 Å². The first-order valence-electron chi connectivity index (χ1n) is 11.2. The van der Waals surface area contributed by atoms with Crippen LogP contribution in [0, 0.1) is 0 Å². The van der Waals surface area contributed by atoms with Gasteiger partial charge < -0.3 is 10.2 Å². The maximum atomic E-state index is 12.6. The molecule has 1 aliphatic heterocycles. The lowest BCUT2D eigenvalue weighted by atomic mass is 9.96. The molecule has 3 aromatic carbocycles. The van der Waals surface area contributed by atoms with E-state index in [0.29, 0.717) is 6.54 Å².